The third-order valence-corrected chi connectivity index (χ3v) is 2.40. The summed E-state index contributed by atoms with van der Waals surface area (Å²) in [5.74, 6) is -0.330. The van der Waals surface area contributed by atoms with E-state index in [-0.39, 0.29) is 6.54 Å². The molecule has 0 unspecified atom stereocenters. The molecule has 0 saturated heterocycles. The van der Waals surface area contributed by atoms with E-state index in [2.05, 4.69) is 18.9 Å². The van der Waals surface area contributed by atoms with Crippen molar-refractivity contribution in [2.75, 3.05) is 13.1 Å². The standard InChI is InChI=1S/C12H21N3O2/c1-4-15-8-11(5-13-15)7-14(6-10(2)3)9-12(16)17/h5,8,10H,4,6-7,9H2,1-3H3,(H,16,17). The number of aliphatic carboxylic acids is 1. The Morgan fingerprint density at radius 2 is 2.29 bits per heavy atom. The summed E-state index contributed by atoms with van der Waals surface area (Å²) in [5, 5.41) is 13.1. The Bertz CT molecular complexity index is 360. The summed E-state index contributed by atoms with van der Waals surface area (Å²) in [6.07, 6.45) is 3.77. The molecule has 1 aromatic heterocycles. The monoisotopic (exact) mass is 239 g/mol. The van der Waals surface area contributed by atoms with Gasteiger partial charge >= 0.3 is 5.97 Å². The molecule has 1 N–H and O–H groups in total. The van der Waals surface area contributed by atoms with E-state index in [1.807, 2.05) is 22.7 Å². The Morgan fingerprint density at radius 3 is 2.76 bits per heavy atom. The fraction of sp³-hybridized carbons (Fsp3) is 0.667. The van der Waals surface area contributed by atoms with Crippen LogP contribution in [-0.2, 0) is 17.9 Å². The Kier molecular flexibility index (Phi) is 5.15. The predicted molar refractivity (Wildman–Crippen MR) is 65.7 cm³/mol. The van der Waals surface area contributed by atoms with Crippen LogP contribution in [0.2, 0.25) is 0 Å². The van der Waals surface area contributed by atoms with Gasteiger partial charge in [-0.3, -0.25) is 14.4 Å². The molecule has 0 spiro atoms. The van der Waals surface area contributed by atoms with Gasteiger partial charge in [0.2, 0.25) is 0 Å². The number of hydrogen-bond acceptors (Lipinski definition) is 3. The first-order chi connectivity index (χ1) is 8.01. The molecule has 5 nitrogen and oxygen atoms in total. The van der Waals surface area contributed by atoms with Crippen LogP contribution < -0.4 is 0 Å². The fourth-order valence-corrected chi connectivity index (χ4v) is 1.81. The lowest BCUT2D eigenvalue weighted by molar-refractivity contribution is -0.138. The van der Waals surface area contributed by atoms with E-state index in [0.717, 1.165) is 18.7 Å². The molecule has 0 atom stereocenters. The summed E-state index contributed by atoms with van der Waals surface area (Å²) in [5.41, 5.74) is 1.06. The molecule has 0 bridgehead atoms. The van der Waals surface area contributed by atoms with Crippen molar-refractivity contribution in [3.63, 3.8) is 0 Å². The highest BCUT2D eigenvalue weighted by Crippen LogP contribution is 2.06. The minimum atomic E-state index is -0.784. The van der Waals surface area contributed by atoms with Crippen molar-refractivity contribution in [1.82, 2.24) is 14.7 Å². The van der Waals surface area contributed by atoms with Crippen LogP contribution in [0.3, 0.4) is 0 Å². The summed E-state index contributed by atoms with van der Waals surface area (Å²) in [4.78, 5) is 12.7. The largest absolute Gasteiger partial charge is 0.480 e. The van der Waals surface area contributed by atoms with Gasteiger partial charge in [-0.15, -0.1) is 0 Å². The highest BCUT2D eigenvalue weighted by Gasteiger charge is 2.12. The van der Waals surface area contributed by atoms with Crippen LogP contribution >= 0.6 is 0 Å². The van der Waals surface area contributed by atoms with E-state index in [4.69, 9.17) is 5.11 Å². The lowest BCUT2D eigenvalue weighted by Gasteiger charge is -2.21. The Labute approximate surface area is 102 Å². The number of aromatic nitrogens is 2. The van der Waals surface area contributed by atoms with Crippen molar-refractivity contribution in [3.8, 4) is 0 Å². The number of carboxylic acids is 1. The van der Waals surface area contributed by atoms with Crippen LogP contribution in [0.15, 0.2) is 12.4 Å². The highest BCUT2D eigenvalue weighted by atomic mass is 16.4. The maximum atomic E-state index is 10.8. The van der Waals surface area contributed by atoms with E-state index in [9.17, 15) is 4.79 Å². The Balaban J connectivity index is 2.60. The van der Waals surface area contributed by atoms with Crippen molar-refractivity contribution in [3.05, 3.63) is 18.0 Å². The molecule has 1 rings (SSSR count). The van der Waals surface area contributed by atoms with Gasteiger partial charge in [0.05, 0.1) is 12.7 Å². The Morgan fingerprint density at radius 1 is 1.59 bits per heavy atom. The van der Waals surface area contributed by atoms with Crippen LogP contribution in [0.25, 0.3) is 0 Å². The molecule has 0 aliphatic carbocycles. The minimum Gasteiger partial charge on any atom is -0.480 e. The first kappa shape index (κ1) is 13.7. The van der Waals surface area contributed by atoms with E-state index in [1.54, 1.807) is 6.20 Å². The molecular weight excluding hydrogens is 218 g/mol. The number of aryl methyl sites for hydroxylation is 1. The zero-order chi connectivity index (χ0) is 12.8. The number of nitrogens with zero attached hydrogens (tertiary/aromatic N) is 3. The first-order valence-electron chi connectivity index (χ1n) is 5.96. The molecule has 0 aliphatic heterocycles. The smallest absolute Gasteiger partial charge is 0.317 e. The van der Waals surface area contributed by atoms with Crippen molar-refractivity contribution in [2.24, 2.45) is 5.92 Å². The third-order valence-electron chi connectivity index (χ3n) is 2.40. The SMILES string of the molecule is CCn1cc(CN(CC(=O)O)CC(C)C)cn1. The van der Waals surface area contributed by atoms with Crippen LogP contribution in [-0.4, -0.2) is 38.8 Å². The predicted octanol–water partition coefficient (Wildman–Crippen LogP) is 1.45. The van der Waals surface area contributed by atoms with E-state index < -0.39 is 5.97 Å². The van der Waals surface area contributed by atoms with Gasteiger partial charge in [-0.2, -0.15) is 5.10 Å². The van der Waals surface area contributed by atoms with Gasteiger partial charge < -0.3 is 5.11 Å². The van der Waals surface area contributed by atoms with E-state index in [1.165, 1.54) is 0 Å². The van der Waals surface area contributed by atoms with Crippen LogP contribution in [0.4, 0.5) is 0 Å². The van der Waals surface area contributed by atoms with E-state index in [0.29, 0.717) is 12.5 Å². The van der Waals surface area contributed by atoms with E-state index >= 15 is 0 Å². The molecule has 1 aromatic rings. The van der Waals surface area contributed by atoms with Crippen LogP contribution in [0, 0.1) is 5.92 Å². The second-order valence-electron chi connectivity index (χ2n) is 4.66. The van der Waals surface area contributed by atoms with Gasteiger partial charge in [0, 0.05) is 31.4 Å². The molecular formula is C12H21N3O2. The van der Waals surface area contributed by atoms with Crippen molar-refractivity contribution < 1.29 is 9.90 Å². The maximum absolute atomic E-state index is 10.8. The lowest BCUT2D eigenvalue weighted by atomic mass is 10.2. The molecule has 96 valence electrons. The van der Waals surface area contributed by atoms with Crippen molar-refractivity contribution in [2.45, 2.75) is 33.9 Å². The van der Waals surface area contributed by atoms with Gasteiger partial charge in [0.25, 0.3) is 0 Å². The van der Waals surface area contributed by atoms with Gasteiger partial charge in [-0.05, 0) is 12.8 Å². The number of hydrogen-bond donors (Lipinski definition) is 1. The van der Waals surface area contributed by atoms with Gasteiger partial charge in [-0.25, -0.2) is 0 Å². The first-order valence-corrected chi connectivity index (χ1v) is 5.96. The number of carboxylic acid groups (broad SMARTS) is 1. The number of rotatable bonds is 7. The molecule has 0 amide bonds. The molecule has 5 heteroatoms. The maximum Gasteiger partial charge on any atom is 0.317 e. The summed E-state index contributed by atoms with van der Waals surface area (Å²) in [6, 6.07) is 0. The fourth-order valence-electron chi connectivity index (χ4n) is 1.81. The summed E-state index contributed by atoms with van der Waals surface area (Å²) < 4.78 is 1.85. The molecule has 0 saturated carbocycles. The lowest BCUT2D eigenvalue weighted by Crippen LogP contribution is -2.32. The summed E-state index contributed by atoms with van der Waals surface area (Å²) >= 11 is 0. The van der Waals surface area contributed by atoms with Crippen LogP contribution in [0.5, 0.6) is 0 Å². The second-order valence-corrected chi connectivity index (χ2v) is 4.66. The topological polar surface area (TPSA) is 58.4 Å². The third kappa shape index (κ3) is 4.99. The minimum absolute atomic E-state index is 0.0789. The molecule has 0 radical (unpaired) electrons. The molecule has 0 aromatic carbocycles. The number of carbonyl (C=O) groups is 1. The zero-order valence-corrected chi connectivity index (χ0v) is 10.8. The zero-order valence-electron chi connectivity index (χ0n) is 10.8. The molecule has 17 heavy (non-hydrogen) atoms. The van der Waals surface area contributed by atoms with Crippen LogP contribution in [0.1, 0.15) is 26.3 Å². The average Bonchev–Trinajstić information content (AvgIpc) is 2.63. The summed E-state index contributed by atoms with van der Waals surface area (Å²) in [6.45, 7) is 8.54. The average molecular weight is 239 g/mol. The van der Waals surface area contributed by atoms with Gasteiger partial charge in [0.15, 0.2) is 0 Å². The van der Waals surface area contributed by atoms with Crippen molar-refractivity contribution in [1.29, 1.82) is 0 Å². The van der Waals surface area contributed by atoms with Crippen molar-refractivity contribution >= 4 is 5.97 Å². The quantitative estimate of drug-likeness (QED) is 0.782. The second kappa shape index (κ2) is 6.39. The van der Waals surface area contributed by atoms with Gasteiger partial charge in [-0.1, -0.05) is 13.8 Å². The Hall–Kier alpha value is -1.36. The van der Waals surface area contributed by atoms with Gasteiger partial charge in [0.1, 0.15) is 0 Å². The molecule has 0 fully saturated rings. The summed E-state index contributed by atoms with van der Waals surface area (Å²) in [7, 11) is 0. The highest BCUT2D eigenvalue weighted by molar-refractivity contribution is 5.69. The molecule has 0 aliphatic rings. The molecule has 1 heterocycles. The normalized spacial score (nSPS) is 11.4.